The summed E-state index contributed by atoms with van der Waals surface area (Å²) in [6, 6.07) is 9.22. The van der Waals surface area contributed by atoms with Crippen LogP contribution in [0.4, 0.5) is 18.9 Å². The van der Waals surface area contributed by atoms with Crippen molar-refractivity contribution in [2.45, 2.75) is 37.9 Å². The number of nitrogens with zero attached hydrogens (tertiary/aromatic N) is 1. The van der Waals surface area contributed by atoms with Gasteiger partial charge in [0.25, 0.3) is 0 Å². The number of nitriles is 1. The van der Waals surface area contributed by atoms with E-state index in [-0.39, 0.29) is 12.8 Å². The summed E-state index contributed by atoms with van der Waals surface area (Å²) in [4.78, 5) is 0. The Morgan fingerprint density at radius 2 is 1.89 bits per heavy atom. The molecule has 1 aromatic rings. The highest BCUT2D eigenvalue weighted by Gasteiger charge is 2.30. The maximum atomic E-state index is 12.1. The number of hydrogen-bond acceptors (Lipinski definition) is 2. The molecular weight excluding hydrogens is 321 g/mol. The molecule has 0 bridgehead atoms. The van der Waals surface area contributed by atoms with Crippen LogP contribution in [0, 0.1) is 11.3 Å². The summed E-state index contributed by atoms with van der Waals surface area (Å²) in [5, 5.41) is 12.1. The van der Waals surface area contributed by atoms with Crippen molar-refractivity contribution in [3.8, 4) is 6.07 Å². The van der Waals surface area contributed by atoms with E-state index in [0.29, 0.717) is 5.69 Å². The van der Waals surface area contributed by atoms with Crippen molar-refractivity contribution in [2.75, 3.05) is 5.32 Å². The molecule has 0 radical (unpaired) electrons. The molecule has 0 aromatic heterocycles. The first-order valence-corrected chi connectivity index (χ1v) is 6.56. The normalized spacial score (nSPS) is 14.5. The lowest BCUT2D eigenvalue weighted by Gasteiger charge is -2.25. The first kappa shape index (κ1) is 15.8. The number of alkyl halides is 3. The summed E-state index contributed by atoms with van der Waals surface area (Å²) in [5.74, 6) is 0. The average molecular weight is 335 g/mol. The summed E-state index contributed by atoms with van der Waals surface area (Å²) in [6.45, 7) is 1.60. The Bertz CT molecular complexity index is 468. The molecule has 0 saturated carbocycles. The van der Waals surface area contributed by atoms with Crippen LogP contribution in [0.3, 0.4) is 0 Å². The molecule has 2 nitrogen and oxygen atoms in total. The van der Waals surface area contributed by atoms with E-state index in [0.717, 1.165) is 4.47 Å². The molecular formula is C13H14BrF3N2. The number of hydrogen-bond donors (Lipinski definition) is 1. The average Bonchev–Trinajstić information content (AvgIpc) is 2.30. The molecule has 104 valence electrons. The predicted octanol–water partition coefficient (Wildman–Crippen LogP) is 4.88. The molecule has 1 N–H and O–H groups in total. The van der Waals surface area contributed by atoms with Gasteiger partial charge < -0.3 is 5.32 Å². The highest BCUT2D eigenvalue weighted by molar-refractivity contribution is 9.10. The van der Waals surface area contributed by atoms with Gasteiger partial charge in [-0.2, -0.15) is 18.4 Å². The van der Waals surface area contributed by atoms with Crippen molar-refractivity contribution in [3.05, 3.63) is 28.7 Å². The van der Waals surface area contributed by atoms with Gasteiger partial charge in [0.1, 0.15) is 5.54 Å². The number of rotatable bonds is 5. The summed E-state index contributed by atoms with van der Waals surface area (Å²) in [7, 11) is 0. The van der Waals surface area contributed by atoms with Crippen LogP contribution in [0.25, 0.3) is 0 Å². The Balaban J connectivity index is 2.66. The number of para-hydroxylation sites is 1. The van der Waals surface area contributed by atoms with Crippen LogP contribution in [-0.2, 0) is 0 Å². The van der Waals surface area contributed by atoms with Gasteiger partial charge in [-0.1, -0.05) is 12.1 Å². The van der Waals surface area contributed by atoms with Crippen LogP contribution in [0.15, 0.2) is 28.7 Å². The second-order valence-electron chi connectivity index (χ2n) is 4.52. The van der Waals surface area contributed by atoms with Crippen molar-refractivity contribution >= 4 is 21.6 Å². The van der Waals surface area contributed by atoms with Crippen molar-refractivity contribution < 1.29 is 13.2 Å². The van der Waals surface area contributed by atoms with Gasteiger partial charge in [0.15, 0.2) is 0 Å². The molecule has 0 spiro atoms. The topological polar surface area (TPSA) is 35.8 Å². The van der Waals surface area contributed by atoms with Gasteiger partial charge in [-0.3, -0.25) is 0 Å². The Morgan fingerprint density at radius 3 is 2.42 bits per heavy atom. The molecule has 1 rings (SSSR count). The highest BCUT2D eigenvalue weighted by Crippen LogP contribution is 2.29. The molecule has 0 heterocycles. The fourth-order valence-corrected chi connectivity index (χ4v) is 2.03. The third kappa shape index (κ3) is 5.52. The van der Waals surface area contributed by atoms with Gasteiger partial charge in [0.2, 0.25) is 0 Å². The van der Waals surface area contributed by atoms with Crippen LogP contribution < -0.4 is 5.32 Å². The summed E-state index contributed by atoms with van der Waals surface area (Å²) in [5.41, 5.74) is -0.326. The SMILES string of the molecule is CC(C#N)(CCCC(F)(F)F)Nc1ccccc1Br. The highest BCUT2D eigenvalue weighted by atomic mass is 79.9. The minimum Gasteiger partial charge on any atom is -0.367 e. The lowest BCUT2D eigenvalue weighted by atomic mass is 9.96. The molecule has 19 heavy (non-hydrogen) atoms. The number of halogens is 4. The van der Waals surface area contributed by atoms with Gasteiger partial charge in [0.05, 0.1) is 6.07 Å². The van der Waals surface area contributed by atoms with Gasteiger partial charge in [-0.05, 0) is 47.8 Å². The molecule has 1 atom stereocenters. The zero-order valence-corrected chi connectivity index (χ0v) is 12.0. The predicted molar refractivity (Wildman–Crippen MR) is 71.7 cm³/mol. The van der Waals surface area contributed by atoms with E-state index < -0.39 is 18.1 Å². The molecule has 0 saturated heterocycles. The Labute approximate surface area is 118 Å². The molecule has 0 aliphatic carbocycles. The Morgan fingerprint density at radius 1 is 1.26 bits per heavy atom. The molecule has 0 fully saturated rings. The second kappa shape index (κ2) is 6.29. The van der Waals surface area contributed by atoms with Crippen LogP contribution in [0.1, 0.15) is 26.2 Å². The molecule has 0 amide bonds. The van der Waals surface area contributed by atoms with E-state index in [9.17, 15) is 13.2 Å². The van der Waals surface area contributed by atoms with E-state index in [1.807, 2.05) is 12.1 Å². The number of benzene rings is 1. The van der Waals surface area contributed by atoms with E-state index in [1.165, 1.54) is 0 Å². The third-order valence-electron chi connectivity index (χ3n) is 2.67. The number of anilines is 1. The van der Waals surface area contributed by atoms with Crippen molar-refractivity contribution in [3.63, 3.8) is 0 Å². The monoisotopic (exact) mass is 334 g/mol. The lowest BCUT2D eigenvalue weighted by molar-refractivity contribution is -0.135. The largest absolute Gasteiger partial charge is 0.389 e. The van der Waals surface area contributed by atoms with E-state index in [4.69, 9.17) is 5.26 Å². The third-order valence-corrected chi connectivity index (χ3v) is 3.36. The zero-order chi connectivity index (χ0) is 14.5. The zero-order valence-electron chi connectivity index (χ0n) is 10.4. The van der Waals surface area contributed by atoms with Crippen LogP contribution >= 0.6 is 15.9 Å². The second-order valence-corrected chi connectivity index (χ2v) is 5.37. The Hall–Kier alpha value is -1.22. The first-order chi connectivity index (χ1) is 8.76. The quantitative estimate of drug-likeness (QED) is 0.833. The van der Waals surface area contributed by atoms with E-state index in [2.05, 4.69) is 21.2 Å². The first-order valence-electron chi connectivity index (χ1n) is 5.76. The maximum absolute atomic E-state index is 12.1. The van der Waals surface area contributed by atoms with Crippen LogP contribution in [-0.4, -0.2) is 11.7 Å². The minimum atomic E-state index is -4.18. The lowest BCUT2D eigenvalue weighted by Crippen LogP contribution is -2.33. The van der Waals surface area contributed by atoms with Gasteiger partial charge in [-0.25, -0.2) is 0 Å². The number of nitrogens with one attached hydrogen (secondary N) is 1. The van der Waals surface area contributed by atoms with Crippen LogP contribution in [0.2, 0.25) is 0 Å². The standard InChI is InChI=1S/C13H14BrF3N2/c1-12(9-18,7-4-8-13(15,16)17)19-11-6-3-2-5-10(11)14/h2-3,5-6,19H,4,7-8H2,1H3. The molecule has 6 heteroatoms. The molecule has 0 aliphatic heterocycles. The summed E-state index contributed by atoms with van der Waals surface area (Å²) < 4.78 is 37.1. The smallest absolute Gasteiger partial charge is 0.367 e. The fraction of sp³-hybridized carbons (Fsp3) is 0.462. The maximum Gasteiger partial charge on any atom is 0.389 e. The minimum absolute atomic E-state index is 0.0784. The Kier molecular flexibility index (Phi) is 5.24. The molecule has 1 unspecified atom stereocenters. The van der Waals surface area contributed by atoms with Crippen LogP contribution in [0.5, 0.6) is 0 Å². The molecule has 1 aromatic carbocycles. The van der Waals surface area contributed by atoms with E-state index >= 15 is 0 Å². The van der Waals surface area contributed by atoms with Crippen molar-refractivity contribution in [1.29, 1.82) is 5.26 Å². The van der Waals surface area contributed by atoms with Crippen molar-refractivity contribution in [1.82, 2.24) is 0 Å². The summed E-state index contributed by atoms with van der Waals surface area (Å²) in [6.07, 6.45) is -5.00. The fourth-order valence-electron chi connectivity index (χ4n) is 1.65. The summed E-state index contributed by atoms with van der Waals surface area (Å²) >= 11 is 3.33. The van der Waals surface area contributed by atoms with E-state index in [1.54, 1.807) is 25.1 Å². The van der Waals surface area contributed by atoms with Gasteiger partial charge in [-0.15, -0.1) is 0 Å². The van der Waals surface area contributed by atoms with Gasteiger partial charge >= 0.3 is 6.18 Å². The van der Waals surface area contributed by atoms with Crippen molar-refractivity contribution in [2.24, 2.45) is 0 Å². The molecule has 0 aliphatic rings. The van der Waals surface area contributed by atoms with Gasteiger partial charge in [0, 0.05) is 16.6 Å².